The van der Waals surface area contributed by atoms with Gasteiger partial charge in [0.25, 0.3) is 5.91 Å². The number of hydrogen-bond donors (Lipinski definition) is 2. The summed E-state index contributed by atoms with van der Waals surface area (Å²) in [6, 6.07) is 12.7. The van der Waals surface area contributed by atoms with Crippen molar-refractivity contribution >= 4 is 34.8 Å². The highest BCUT2D eigenvalue weighted by Crippen LogP contribution is 2.21. The number of nitrogens with zero attached hydrogens (tertiary/aromatic N) is 2. The molecule has 26 heavy (non-hydrogen) atoms. The summed E-state index contributed by atoms with van der Waals surface area (Å²) < 4.78 is 13.3. The number of amides is 1. The molecule has 5 nitrogen and oxygen atoms in total. The minimum absolute atomic E-state index is 0.191. The molecule has 2 N–H and O–H groups in total. The number of carbonyl (C=O) groups is 1. The lowest BCUT2D eigenvalue weighted by Gasteiger charge is -2.10. The minimum atomic E-state index is -0.386. The number of benzene rings is 2. The third-order valence-electron chi connectivity index (χ3n) is 3.62. The molecule has 132 valence electrons. The molecule has 0 radical (unpaired) electrons. The lowest BCUT2D eigenvalue weighted by Crippen LogP contribution is -2.16. The fraction of sp³-hybridized carbons (Fsp3) is 0.105. The van der Waals surface area contributed by atoms with E-state index in [4.69, 9.17) is 11.6 Å². The monoisotopic (exact) mass is 370 g/mol. The van der Waals surface area contributed by atoms with E-state index in [9.17, 15) is 9.18 Å². The van der Waals surface area contributed by atoms with Gasteiger partial charge in [-0.2, -0.15) is 0 Å². The predicted octanol–water partition coefficient (Wildman–Crippen LogP) is 4.88. The van der Waals surface area contributed by atoms with Crippen molar-refractivity contribution in [3.05, 3.63) is 76.3 Å². The Kier molecular flexibility index (Phi) is 5.14. The standard InChI is InChI=1S/C19H16ClFN4O/c1-11-6-7-13(20)9-16(11)24-18(26)17-8-12(2)22-19(25-17)23-15-5-3-4-14(21)10-15/h3-10H,1-2H3,(H,24,26)(H,22,23,25). The Morgan fingerprint density at radius 2 is 1.88 bits per heavy atom. The Labute approximate surface area is 155 Å². The fourth-order valence-electron chi connectivity index (χ4n) is 2.35. The third-order valence-corrected chi connectivity index (χ3v) is 3.85. The smallest absolute Gasteiger partial charge is 0.274 e. The van der Waals surface area contributed by atoms with Crippen molar-refractivity contribution in [1.29, 1.82) is 0 Å². The second-order valence-corrected chi connectivity index (χ2v) is 6.20. The summed E-state index contributed by atoms with van der Waals surface area (Å²) in [5.41, 5.74) is 2.78. The van der Waals surface area contributed by atoms with E-state index in [0.717, 1.165) is 5.56 Å². The van der Waals surface area contributed by atoms with Crippen molar-refractivity contribution in [1.82, 2.24) is 9.97 Å². The predicted molar refractivity (Wildman–Crippen MR) is 101 cm³/mol. The molecule has 0 aliphatic heterocycles. The molecule has 0 unspecified atom stereocenters. The number of anilines is 3. The highest BCUT2D eigenvalue weighted by Gasteiger charge is 2.13. The molecule has 0 saturated heterocycles. The molecule has 1 aromatic heterocycles. The first kappa shape index (κ1) is 17.8. The van der Waals surface area contributed by atoms with Gasteiger partial charge in [0.05, 0.1) is 0 Å². The summed E-state index contributed by atoms with van der Waals surface area (Å²) in [7, 11) is 0. The maximum absolute atomic E-state index is 13.3. The van der Waals surface area contributed by atoms with Crippen LogP contribution in [0.2, 0.25) is 5.02 Å². The Morgan fingerprint density at radius 1 is 1.08 bits per heavy atom. The van der Waals surface area contributed by atoms with Gasteiger partial charge in [0.15, 0.2) is 0 Å². The van der Waals surface area contributed by atoms with E-state index in [1.165, 1.54) is 12.1 Å². The molecule has 0 atom stereocenters. The van der Waals surface area contributed by atoms with Crippen LogP contribution in [0.4, 0.5) is 21.7 Å². The summed E-state index contributed by atoms with van der Waals surface area (Å²) in [6.07, 6.45) is 0. The summed E-state index contributed by atoms with van der Waals surface area (Å²) in [4.78, 5) is 21.0. The van der Waals surface area contributed by atoms with Gasteiger partial charge < -0.3 is 10.6 Å². The Bertz CT molecular complexity index is 978. The third kappa shape index (κ3) is 4.34. The summed E-state index contributed by atoms with van der Waals surface area (Å²) in [5.74, 6) is -0.552. The SMILES string of the molecule is Cc1cc(C(=O)Nc2cc(Cl)ccc2C)nc(Nc2cccc(F)c2)n1. The van der Waals surface area contributed by atoms with E-state index >= 15 is 0 Å². The van der Waals surface area contributed by atoms with Gasteiger partial charge in [-0.1, -0.05) is 23.7 Å². The van der Waals surface area contributed by atoms with Crippen LogP contribution in [0.3, 0.4) is 0 Å². The first-order chi connectivity index (χ1) is 12.4. The molecule has 0 saturated carbocycles. The van der Waals surface area contributed by atoms with Crippen LogP contribution in [0.25, 0.3) is 0 Å². The van der Waals surface area contributed by atoms with Gasteiger partial charge in [-0.3, -0.25) is 4.79 Å². The van der Waals surface area contributed by atoms with Crippen LogP contribution >= 0.6 is 11.6 Å². The molecule has 3 aromatic rings. The van der Waals surface area contributed by atoms with Crippen LogP contribution in [0, 0.1) is 19.7 Å². The fourth-order valence-corrected chi connectivity index (χ4v) is 2.52. The van der Waals surface area contributed by atoms with Crippen LogP contribution in [-0.4, -0.2) is 15.9 Å². The molecule has 1 heterocycles. The average Bonchev–Trinajstić information content (AvgIpc) is 2.57. The van der Waals surface area contributed by atoms with Gasteiger partial charge in [-0.15, -0.1) is 0 Å². The van der Waals surface area contributed by atoms with E-state index in [0.29, 0.717) is 22.1 Å². The highest BCUT2D eigenvalue weighted by atomic mass is 35.5. The second-order valence-electron chi connectivity index (χ2n) is 5.77. The number of aromatic nitrogens is 2. The van der Waals surface area contributed by atoms with Gasteiger partial charge in [-0.25, -0.2) is 14.4 Å². The molecule has 1 amide bonds. The quantitative estimate of drug-likeness (QED) is 0.686. The summed E-state index contributed by atoms with van der Waals surface area (Å²) >= 11 is 5.98. The van der Waals surface area contributed by atoms with Crippen LogP contribution in [0.15, 0.2) is 48.5 Å². The van der Waals surface area contributed by atoms with Crippen LogP contribution in [-0.2, 0) is 0 Å². The van der Waals surface area contributed by atoms with Gasteiger partial charge in [0, 0.05) is 22.1 Å². The normalized spacial score (nSPS) is 10.5. The van der Waals surface area contributed by atoms with E-state index in [-0.39, 0.29) is 23.4 Å². The van der Waals surface area contributed by atoms with Crippen LogP contribution < -0.4 is 10.6 Å². The number of rotatable bonds is 4. The second kappa shape index (κ2) is 7.49. The minimum Gasteiger partial charge on any atom is -0.324 e. The Morgan fingerprint density at radius 3 is 2.65 bits per heavy atom. The lowest BCUT2D eigenvalue weighted by molar-refractivity contribution is 0.102. The molecule has 0 spiro atoms. The Balaban J connectivity index is 1.84. The van der Waals surface area contributed by atoms with E-state index < -0.39 is 0 Å². The van der Waals surface area contributed by atoms with Crippen LogP contribution in [0.1, 0.15) is 21.7 Å². The van der Waals surface area contributed by atoms with Gasteiger partial charge in [0.1, 0.15) is 11.5 Å². The van der Waals surface area contributed by atoms with Crippen molar-refractivity contribution in [3.63, 3.8) is 0 Å². The average molecular weight is 371 g/mol. The molecular weight excluding hydrogens is 355 g/mol. The maximum Gasteiger partial charge on any atom is 0.274 e. The number of aryl methyl sites for hydroxylation is 2. The van der Waals surface area contributed by atoms with Crippen LogP contribution in [0.5, 0.6) is 0 Å². The number of halogens is 2. The zero-order valence-electron chi connectivity index (χ0n) is 14.2. The zero-order valence-corrected chi connectivity index (χ0v) is 14.9. The molecule has 0 bridgehead atoms. The lowest BCUT2D eigenvalue weighted by atomic mass is 10.2. The number of hydrogen-bond acceptors (Lipinski definition) is 4. The van der Waals surface area contributed by atoms with Crippen molar-refractivity contribution in [2.24, 2.45) is 0 Å². The number of nitrogens with one attached hydrogen (secondary N) is 2. The van der Waals surface area contributed by atoms with Crippen molar-refractivity contribution in [2.75, 3.05) is 10.6 Å². The van der Waals surface area contributed by atoms with Crippen molar-refractivity contribution in [3.8, 4) is 0 Å². The maximum atomic E-state index is 13.3. The van der Waals surface area contributed by atoms with E-state index in [1.807, 2.05) is 13.0 Å². The largest absolute Gasteiger partial charge is 0.324 e. The zero-order chi connectivity index (χ0) is 18.7. The number of carbonyl (C=O) groups excluding carboxylic acids is 1. The molecule has 7 heteroatoms. The van der Waals surface area contributed by atoms with Gasteiger partial charge in [0.2, 0.25) is 5.95 Å². The first-order valence-corrected chi connectivity index (χ1v) is 8.24. The molecule has 3 rings (SSSR count). The first-order valence-electron chi connectivity index (χ1n) is 7.86. The molecular formula is C19H16ClFN4O. The molecule has 2 aromatic carbocycles. The topological polar surface area (TPSA) is 66.9 Å². The van der Waals surface area contributed by atoms with E-state index in [2.05, 4.69) is 20.6 Å². The molecule has 0 fully saturated rings. The Hall–Kier alpha value is -2.99. The van der Waals surface area contributed by atoms with Gasteiger partial charge in [-0.05, 0) is 55.8 Å². The van der Waals surface area contributed by atoms with Gasteiger partial charge >= 0.3 is 0 Å². The highest BCUT2D eigenvalue weighted by molar-refractivity contribution is 6.31. The van der Waals surface area contributed by atoms with Crippen molar-refractivity contribution < 1.29 is 9.18 Å². The molecule has 0 aliphatic rings. The van der Waals surface area contributed by atoms with E-state index in [1.54, 1.807) is 37.3 Å². The summed E-state index contributed by atoms with van der Waals surface area (Å²) in [5, 5.41) is 6.22. The summed E-state index contributed by atoms with van der Waals surface area (Å²) in [6.45, 7) is 3.62. The van der Waals surface area contributed by atoms with Crippen molar-refractivity contribution in [2.45, 2.75) is 13.8 Å². The molecule has 0 aliphatic carbocycles.